The third kappa shape index (κ3) is 4.21. The molecule has 1 aromatic rings. The van der Waals surface area contributed by atoms with Crippen LogP contribution in [0.2, 0.25) is 0 Å². The number of carbonyl (C=O) groups is 1. The number of anilines is 1. The first-order chi connectivity index (χ1) is 11.5. The molecule has 1 amide bonds. The maximum Gasteiger partial charge on any atom is 0.225 e. The van der Waals surface area contributed by atoms with E-state index >= 15 is 0 Å². The van der Waals surface area contributed by atoms with Gasteiger partial charge < -0.3 is 14.5 Å². The highest BCUT2D eigenvalue weighted by molar-refractivity contribution is 5.73. The van der Waals surface area contributed by atoms with Crippen LogP contribution in [0.5, 0.6) is 0 Å². The first kappa shape index (κ1) is 17.1. The van der Waals surface area contributed by atoms with Gasteiger partial charge in [0.25, 0.3) is 0 Å². The van der Waals surface area contributed by atoms with Gasteiger partial charge in [-0.2, -0.15) is 0 Å². The largest absolute Gasteiger partial charge is 0.372 e. The van der Waals surface area contributed by atoms with Crippen molar-refractivity contribution in [2.24, 2.45) is 0 Å². The number of carbonyl (C=O) groups excluding carboxylic acids is 1. The van der Waals surface area contributed by atoms with Crippen molar-refractivity contribution in [2.75, 3.05) is 44.2 Å². The minimum atomic E-state index is 0.162. The molecule has 3 heterocycles. The lowest BCUT2D eigenvalue weighted by Gasteiger charge is -2.36. The van der Waals surface area contributed by atoms with E-state index in [0.29, 0.717) is 0 Å². The Morgan fingerprint density at radius 1 is 1.21 bits per heavy atom. The summed E-state index contributed by atoms with van der Waals surface area (Å²) in [7, 11) is 0. The van der Waals surface area contributed by atoms with Gasteiger partial charge >= 0.3 is 0 Å². The lowest BCUT2D eigenvalue weighted by atomic mass is 10.2. The molecule has 0 N–H and O–H groups in total. The lowest BCUT2D eigenvalue weighted by Crippen LogP contribution is -2.48. The quantitative estimate of drug-likeness (QED) is 0.814. The van der Waals surface area contributed by atoms with Crippen LogP contribution in [0.4, 0.5) is 5.95 Å². The fourth-order valence-electron chi connectivity index (χ4n) is 3.42. The molecule has 7 nitrogen and oxygen atoms in total. The normalized spacial score (nSPS) is 25.8. The van der Waals surface area contributed by atoms with E-state index in [2.05, 4.69) is 28.6 Å². The van der Waals surface area contributed by atoms with Crippen molar-refractivity contribution in [1.82, 2.24) is 19.8 Å². The molecule has 7 heteroatoms. The van der Waals surface area contributed by atoms with Crippen LogP contribution in [0.15, 0.2) is 12.3 Å². The fraction of sp³-hybridized carbons (Fsp3) is 0.706. The fourth-order valence-corrected chi connectivity index (χ4v) is 3.42. The lowest BCUT2D eigenvalue weighted by molar-refractivity contribution is -0.130. The standard InChI is InChI=1S/C17H27N5O2/c1-13-10-22(11-14(2)24-13)17-18-5-4-16(19-17)12-20-6-8-21(9-7-20)15(3)23/h4-5,13-14H,6-12H2,1-3H3. The number of nitrogens with zero attached hydrogens (tertiary/aromatic N) is 5. The third-order valence-corrected chi connectivity index (χ3v) is 4.61. The van der Waals surface area contributed by atoms with Gasteiger partial charge in [-0.15, -0.1) is 0 Å². The molecule has 132 valence electrons. The predicted octanol–water partition coefficient (Wildman–Crippen LogP) is 0.754. The van der Waals surface area contributed by atoms with E-state index in [0.717, 1.165) is 57.5 Å². The first-order valence-corrected chi connectivity index (χ1v) is 8.71. The molecule has 0 aliphatic carbocycles. The Balaban J connectivity index is 1.60. The van der Waals surface area contributed by atoms with Gasteiger partial charge in [0.15, 0.2) is 0 Å². The number of hydrogen-bond donors (Lipinski definition) is 0. The van der Waals surface area contributed by atoms with E-state index in [1.165, 1.54) is 0 Å². The monoisotopic (exact) mass is 333 g/mol. The zero-order chi connectivity index (χ0) is 17.1. The van der Waals surface area contributed by atoms with Gasteiger partial charge in [-0.1, -0.05) is 0 Å². The maximum atomic E-state index is 11.4. The number of piperazine rings is 1. The average Bonchev–Trinajstić information content (AvgIpc) is 2.55. The van der Waals surface area contributed by atoms with Crippen molar-refractivity contribution >= 4 is 11.9 Å². The summed E-state index contributed by atoms with van der Waals surface area (Å²) in [5.74, 6) is 0.950. The molecular weight excluding hydrogens is 306 g/mol. The predicted molar refractivity (Wildman–Crippen MR) is 91.8 cm³/mol. The Hall–Kier alpha value is -1.73. The van der Waals surface area contributed by atoms with E-state index in [-0.39, 0.29) is 18.1 Å². The number of hydrogen-bond acceptors (Lipinski definition) is 6. The summed E-state index contributed by atoms with van der Waals surface area (Å²) in [6.45, 7) is 11.6. The second-order valence-electron chi connectivity index (χ2n) is 6.79. The summed E-state index contributed by atoms with van der Waals surface area (Å²) in [5.41, 5.74) is 1.03. The molecule has 2 aliphatic rings. The summed E-state index contributed by atoms with van der Waals surface area (Å²) in [6, 6.07) is 1.98. The van der Waals surface area contributed by atoms with Crippen LogP contribution >= 0.6 is 0 Å². The van der Waals surface area contributed by atoms with Crippen LogP contribution in [-0.2, 0) is 16.1 Å². The van der Waals surface area contributed by atoms with Gasteiger partial charge in [0.1, 0.15) is 0 Å². The number of aromatic nitrogens is 2. The third-order valence-electron chi connectivity index (χ3n) is 4.61. The van der Waals surface area contributed by atoms with Crippen molar-refractivity contribution in [1.29, 1.82) is 0 Å². The Morgan fingerprint density at radius 2 is 1.88 bits per heavy atom. The number of morpholine rings is 1. The zero-order valence-corrected chi connectivity index (χ0v) is 14.8. The van der Waals surface area contributed by atoms with E-state index < -0.39 is 0 Å². The van der Waals surface area contributed by atoms with Crippen molar-refractivity contribution < 1.29 is 9.53 Å². The van der Waals surface area contributed by atoms with Crippen LogP contribution in [-0.4, -0.2) is 77.2 Å². The Bertz CT molecular complexity index is 564. The highest BCUT2D eigenvalue weighted by Crippen LogP contribution is 2.17. The van der Waals surface area contributed by atoms with Crippen LogP contribution < -0.4 is 4.90 Å². The Kier molecular flexibility index (Phi) is 5.30. The average molecular weight is 333 g/mol. The molecule has 2 atom stereocenters. The van der Waals surface area contributed by atoms with Gasteiger partial charge in [-0.05, 0) is 19.9 Å². The second kappa shape index (κ2) is 7.44. The van der Waals surface area contributed by atoms with Crippen molar-refractivity contribution in [2.45, 2.75) is 39.5 Å². The van der Waals surface area contributed by atoms with Crippen LogP contribution in [0.1, 0.15) is 26.5 Å². The number of rotatable bonds is 3. The molecular formula is C17H27N5O2. The van der Waals surface area contributed by atoms with Gasteiger partial charge in [0, 0.05) is 58.9 Å². The first-order valence-electron chi connectivity index (χ1n) is 8.71. The molecule has 2 aliphatic heterocycles. The summed E-state index contributed by atoms with van der Waals surface area (Å²) in [6.07, 6.45) is 2.23. The highest BCUT2D eigenvalue weighted by Gasteiger charge is 2.24. The minimum absolute atomic E-state index is 0.162. The number of ether oxygens (including phenoxy) is 1. The molecule has 2 unspecified atom stereocenters. The van der Waals surface area contributed by atoms with Crippen molar-refractivity contribution in [3.8, 4) is 0 Å². The molecule has 0 radical (unpaired) electrons. The van der Waals surface area contributed by atoms with E-state index in [4.69, 9.17) is 9.72 Å². The summed E-state index contributed by atoms with van der Waals surface area (Å²) < 4.78 is 5.78. The Labute approximate surface area is 143 Å². The molecule has 0 saturated carbocycles. The molecule has 1 aromatic heterocycles. The number of amides is 1. The van der Waals surface area contributed by atoms with Gasteiger partial charge in [-0.3, -0.25) is 9.69 Å². The van der Waals surface area contributed by atoms with Crippen LogP contribution in [0.3, 0.4) is 0 Å². The van der Waals surface area contributed by atoms with Crippen molar-refractivity contribution in [3.05, 3.63) is 18.0 Å². The van der Waals surface area contributed by atoms with E-state index in [1.807, 2.05) is 17.2 Å². The molecule has 2 saturated heterocycles. The highest BCUT2D eigenvalue weighted by atomic mass is 16.5. The molecule has 2 fully saturated rings. The second-order valence-corrected chi connectivity index (χ2v) is 6.79. The van der Waals surface area contributed by atoms with E-state index in [9.17, 15) is 4.79 Å². The Morgan fingerprint density at radius 3 is 2.50 bits per heavy atom. The van der Waals surface area contributed by atoms with Gasteiger partial charge in [0.2, 0.25) is 11.9 Å². The molecule has 0 spiro atoms. The topological polar surface area (TPSA) is 61.8 Å². The van der Waals surface area contributed by atoms with Crippen LogP contribution in [0.25, 0.3) is 0 Å². The maximum absolute atomic E-state index is 11.4. The summed E-state index contributed by atoms with van der Waals surface area (Å²) >= 11 is 0. The van der Waals surface area contributed by atoms with Gasteiger partial charge in [-0.25, -0.2) is 9.97 Å². The van der Waals surface area contributed by atoms with E-state index in [1.54, 1.807) is 6.92 Å². The van der Waals surface area contributed by atoms with Crippen molar-refractivity contribution in [3.63, 3.8) is 0 Å². The SMILES string of the molecule is CC(=O)N1CCN(Cc2ccnc(N3CC(C)OC(C)C3)n2)CC1. The summed E-state index contributed by atoms with van der Waals surface area (Å²) in [4.78, 5) is 27.1. The van der Waals surface area contributed by atoms with Crippen LogP contribution in [0, 0.1) is 0 Å². The van der Waals surface area contributed by atoms with Gasteiger partial charge in [0.05, 0.1) is 17.9 Å². The smallest absolute Gasteiger partial charge is 0.225 e. The molecule has 0 bridgehead atoms. The zero-order valence-electron chi connectivity index (χ0n) is 14.8. The minimum Gasteiger partial charge on any atom is -0.372 e. The molecule has 3 rings (SSSR count). The summed E-state index contributed by atoms with van der Waals surface area (Å²) in [5, 5.41) is 0. The molecule has 0 aromatic carbocycles. The molecule has 24 heavy (non-hydrogen) atoms.